The van der Waals surface area contributed by atoms with E-state index in [9.17, 15) is 0 Å². The van der Waals surface area contributed by atoms with Crippen molar-refractivity contribution in [3.8, 4) is 0 Å². The molecule has 3 rings (SSSR count). The molecule has 0 radical (unpaired) electrons. The zero-order valence-electron chi connectivity index (χ0n) is 9.97. The van der Waals surface area contributed by atoms with Crippen LogP contribution in [0.5, 0.6) is 0 Å². The number of rotatable bonds is 1. The number of nitrogens with zero attached hydrogens (tertiary/aromatic N) is 2. The second-order valence-corrected chi connectivity index (χ2v) is 4.45. The number of pyridine rings is 1. The minimum absolute atomic E-state index is 0.357. The van der Waals surface area contributed by atoms with Gasteiger partial charge in [0, 0.05) is 17.6 Å². The molecule has 1 aromatic rings. The monoisotopic (exact) mass is 228 g/mol. The summed E-state index contributed by atoms with van der Waals surface area (Å²) in [5, 5.41) is 0. The van der Waals surface area contributed by atoms with Crippen LogP contribution in [-0.4, -0.2) is 24.2 Å². The Morgan fingerprint density at radius 3 is 3.29 bits per heavy atom. The predicted octanol–water partition coefficient (Wildman–Crippen LogP) is 2.44. The zero-order valence-corrected chi connectivity index (χ0v) is 9.97. The first-order valence-corrected chi connectivity index (χ1v) is 6.03. The van der Waals surface area contributed by atoms with Crippen LogP contribution in [0.1, 0.15) is 12.1 Å². The third kappa shape index (κ3) is 1.93. The maximum absolute atomic E-state index is 5.72. The van der Waals surface area contributed by atoms with E-state index in [1.165, 1.54) is 5.69 Å². The summed E-state index contributed by atoms with van der Waals surface area (Å²) >= 11 is 0. The number of allylic oxidation sites excluding steroid dienone is 2. The van der Waals surface area contributed by atoms with E-state index in [1.807, 2.05) is 13.1 Å². The van der Waals surface area contributed by atoms with E-state index in [1.54, 1.807) is 0 Å². The molecule has 2 aliphatic rings. The summed E-state index contributed by atoms with van der Waals surface area (Å²) in [4.78, 5) is 6.66. The summed E-state index contributed by atoms with van der Waals surface area (Å²) in [6.07, 6.45) is 9.25. The highest BCUT2D eigenvalue weighted by Crippen LogP contribution is 2.29. The maximum Gasteiger partial charge on any atom is 0.119 e. The topological polar surface area (TPSA) is 25.4 Å². The molecule has 1 fully saturated rings. The molecule has 3 heteroatoms. The van der Waals surface area contributed by atoms with Crippen LogP contribution in [0.4, 0.5) is 5.69 Å². The van der Waals surface area contributed by atoms with Crippen LogP contribution in [-0.2, 0) is 4.74 Å². The highest BCUT2D eigenvalue weighted by molar-refractivity contribution is 5.50. The number of ether oxygens (including phenoxy) is 1. The predicted molar refractivity (Wildman–Crippen MR) is 67.9 cm³/mol. The summed E-state index contributed by atoms with van der Waals surface area (Å²) in [6.45, 7) is 3.73. The quantitative estimate of drug-likeness (QED) is 0.738. The van der Waals surface area contributed by atoms with Crippen molar-refractivity contribution in [2.75, 3.05) is 18.1 Å². The number of aromatic nitrogens is 1. The fourth-order valence-electron chi connectivity index (χ4n) is 2.46. The lowest BCUT2D eigenvalue weighted by atomic mass is 10.0. The van der Waals surface area contributed by atoms with Gasteiger partial charge in [-0.05, 0) is 31.6 Å². The van der Waals surface area contributed by atoms with Crippen LogP contribution < -0.4 is 4.90 Å². The molecule has 17 heavy (non-hydrogen) atoms. The van der Waals surface area contributed by atoms with Crippen molar-refractivity contribution in [3.63, 3.8) is 0 Å². The molecule has 0 bridgehead atoms. The van der Waals surface area contributed by atoms with E-state index >= 15 is 0 Å². The number of hydrogen-bond acceptors (Lipinski definition) is 3. The highest BCUT2D eigenvalue weighted by atomic mass is 16.5. The van der Waals surface area contributed by atoms with Gasteiger partial charge in [-0.15, -0.1) is 0 Å². The average molecular weight is 228 g/mol. The summed E-state index contributed by atoms with van der Waals surface area (Å²) in [7, 11) is 0. The molecule has 1 aliphatic carbocycles. The van der Waals surface area contributed by atoms with E-state index in [2.05, 4.69) is 40.2 Å². The van der Waals surface area contributed by atoms with Gasteiger partial charge in [0.15, 0.2) is 0 Å². The van der Waals surface area contributed by atoms with Crippen molar-refractivity contribution >= 4 is 5.69 Å². The lowest BCUT2D eigenvalue weighted by Gasteiger charge is -2.39. The Kier molecular flexibility index (Phi) is 2.59. The van der Waals surface area contributed by atoms with Gasteiger partial charge in [0.1, 0.15) is 12.4 Å². The molecule has 1 aliphatic heterocycles. The lowest BCUT2D eigenvalue weighted by Crippen LogP contribution is -2.44. The first-order chi connectivity index (χ1) is 8.34. The van der Waals surface area contributed by atoms with Crippen molar-refractivity contribution in [2.45, 2.75) is 19.4 Å². The molecule has 1 unspecified atom stereocenters. The van der Waals surface area contributed by atoms with Gasteiger partial charge in [-0.2, -0.15) is 0 Å². The van der Waals surface area contributed by atoms with Gasteiger partial charge < -0.3 is 9.64 Å². The second-order valence-electron chi connectivity index (χ2n) is 4.45. The van der Waals surface area contributed by atoms with Crippen LogP contribution in [0, 0.1) is 6.92 Å². The first kappa shape index (κ1) is 10.4. The Morgan fingerprint density at radius 2 is 2.41 bits per heavy atom. The van der Waals surface area contributed by atoms with E-state index in [0.717, 1.165) is 31.0 Å². The molecule has 1 aromatic heterocycles. The Bertz CT molecular complexity index is 479. The summed E-state index contributed by atoms with van der Waals surface area (Å²) in [6, 6.07) is 4.57. The normalized spacial score (nSPS) is 22.8. The third-order valence-corrected chi connectivity index (χ3v) is 3.27. The van der Waals surface area contributed by atoms with Gasteiger partial charge in [-0.3, -0.25) is 4.98 Å². The van der Waals surface area contributed by atoms with E-state index in [4.69, 9.17) is 4.74 Å². The molecule has 0 amide bonds. The molecule has 0 aromatic carbocycles. The van der Waals surface area contributed by atoms with Crippen molar-refractivity contribution < 1.29 is 4.74 Å². The summed E-state index contributed by atoms with van der Waals surface area (Å²) in [5.41, 5.74) is 2.30. The fraction of sp³-hybridized carbons (Fsp3) is 0.357. The molecule has 0 N–H and O–H groups in total. The largest absolute Gasteiger partial charge is 0.494 e. The zero-order chi connectivity index (χ0) is 11.7. The molecule has 1 saturated heterocycles. The smallest absolute Gasteiger partial charge is 0.119 e. The minimum Gasteiger partial charge on any atom is -0.494 e. The SMILES string of the molecule is Cc1cc(N2CCOC3=CC=CCC32)ccn1. The molecular weight excluding hydrogens is 212 g/mol. The van der Waals surface area contributed by atoms with Gasteiger partial charge in [0.05, 0.1) is 12.6 Å². The van der Waals surface area contributed by atoms with Crippen molar-refractivity contribution in [1.82, 2.24) is 4.98 Å². The van der Waals surface area contributed by atoms with E-state index in [0.29, 0.717) is 6.04 Å². The summed E-state index contributed by atoms with van der Waals surface area (Å²) in [5.74, 6) is 1.09. The van der Waals surface area contributed by atoms with Crippen LogP contribution in [0.15, 0.2) is 42.3 Å². The van der Waals surface area contributed by atoms with Crippen LogP contribution in [0.25, 0.3) is 0 Å². The standard InChI is InChI=1S/C14H16N2O/c1-11-10-12(6-7-15-11)16-8-9-17-14-5-3-2-4-13(14)16/h2-3,5-7,10,13H,4,8-9H2,1H3. The number of aryl methyl sites for hydroxylation is 1. The Labute approximate surface area is 101 Å². The average Bonchev–Trinajstić information content (AvgIpc) is 2.38. The number of anilines is 1. The van der Waals surface area contributed by atoms with Gasteiger partial charge in [0.25, 0.3) is 0 Å². The number of hydrogen-bond donors (Lipinski definition) is 0. The van der Waals surface area contributed by atoms with E-state index in [-0.39, 0.29) is 0 Å². The molecule has 1 atom stereocenters. The first-order valence-electron chi connectivity index (χ1n) is 6.03. The van der Waals surface area contributed by atoms with Crippen LogP contribution in [0.3, 0.4) is 0 Å². The van der Waals surface area contributed by atoms with Gasteiger partial charge in [-0.25, -0.2) is 0 Å². The molecule has 2 heterocycles. The molecular formula is C14H16N2O. The summed E-state index contributed by atoms with van der Waals surface area (Å²) < 4.78 is 5.72. The Balaban J connectivity index is 1.92. The van der Waals surface area contributed by atoms with E-state index < -0.39 is 0 Å². The van der Waals surface area contributed by atoms with Crippen LogP contribution >= 0.6 is 0 Å². The third-order valence-electron chi connectivity index (χ3n) is 3.27. The Morgan fingerprint density at radius 1 is 1.47 bits per heavy atom. The molecule has 88 valence electrons. The van der Waals surface area contributed by atoms with Gasteiger partial charge >= 0.3 is 0 Å². The van der Waals surface area contributed by atoms with Gasteiger partial charge in [-0.1, -0.05) is 12.2 Å². The van der Waals surface area contributed by atoms with Crippen molar-refractivity contribution in [3.05, 3.63) is 48.0 Å². The van der Waals surface area contributed by atoms with Gasteiger partial charge in [0.2, 0.25) is 0 Å². The molecule has 0 saturated carbocycles. The highest BCUT2D eigenvalue weighted by Gasteiger charge is 2.28. The Hall–Kier alpha value is -1.77. The fourth-order valence-corrected chi connectivity index (χ4v) is 2.46. The number of morpholine rings is 1. The minimum atomic E-state index is 0.357. The van der Waals surface area contributed by atoms with Crippen LogP contribution in [0.2, 0.25) is 0 Å². The molecule has 0 spiro atoms. The molecule has 3 nitrogen and oxygen atoms in total. The number of fused-ring (bicyclic) bond motifs is 1. The maximum atomic E-state index is 5.72. The van der Waals surface area contributed by atoms with Crippen molar-refractivity contribution in [2.24, 2.45) is 0 Å². The lowest BCUT2D eigenvalue weighted by molar-refractivity contribution is 0.166. The second kappa shape index (κ2) is 4.24. The van der Waals surface area contributed by atoms with Crippen molar-refractivity contribution in [1.29, 1.82) is 0 Å².